The highest BCUT2D eigenvalue weighted by Gasteiger charge is 2.43. The second-order valence-corrected chi connectivity index (χ2v) is 6.31. The predicted molar refractivity (Wildman–Crippen MR) is 106 cm³/mol. The summed E-state index contributed by atoms with van der Waals surface area (Å²) in [5.41, 5.74) is 8.61. The Hall–Kier alpha value is -3.55. The summed E-state index contributed by atoms with van der Waals surface area (Å²) >= 11 is 0. The Morgan fingerprint density at radius 2 is 1.96 bits per heavy atom. The summed E-state index contributed by atoms with van der Waals surface area (Å²) in [7, 11) is 0. The fraction of sp³-hybridized carbons (Fsp3) is 0.150. The van der Waals surface area contributed by atoms with E-state index in [1.165, 1.54) is 12.3 Å². The second-order valence-electron chi connectivity index (χ2n) is 6.31. The summed E-state index contributed by atoms with van der Waals surface area (Å²) in [5, 5.41) is 10.1. The fourth-order valence-electron chi connectivity index (χ4n) is 2.82. The third-order valence-electron chi connectivity index (χ3n) is 4.26. The van der Waals surface area contributed by atoms with Crippen LogP contribution in [0.1, 0.15) is 11.1 Å². The average Bonchev–Trinajstić information content (AvgIpc) is 2.67. The number of allylic oxidation sites excluding steroid dienone is 1. The standard InChI is InChI=1S/C20H19F2N5O/c21-20(22)12-27(13-20)17-4-2-16(3-5-17)26-19(28)6-1-14-11-25-8-7-18(14)15(9-23)10-24/h1-11,23H,12-13,24H2,(H,26,28)/b6-1+,15-10+,23-9?. The molecule has 2 aromatic rings. The lowest BCUT2D eigenvalue weighted by Crippen LogP contribution is -2.56. The van der Waals surface area contributed by atoms with E-state index in [9.17, 15) is 13.6 Å². The summed E-state index contributed by atoms with van der Waals surface area (Å²) in [6.07, 6.45) is 8.53. The van der Waals surface area contributed by atoms with Gasteiger partial charge in [-0.2, -0.15) is 0 Å². The SMILES string of the molecule is N=C/C(=C\N)c1ccncc1/C=C/C(=O)Nc1ccc(N2CC(F)(F)C2)cc1. The first kappa shape index (κ1) is 19.2. The summed E-state index contributed by atoms with van der Waals surface area (Å²) in [6, 6.07) is 8.42. The summed E-state index contributed by atoms with van der Waals surface area (Å²) in [5.74, 6) is -2.98. The molecule has 0 atom stereocenters. The number of nitrogens with two attached hydrogens (primary N) is 1. The quantitative estimate of drug-likeness (QED) is 0.528. The maximum Gasteiger partial charge on any atom is 0.282 e. The summed E-state index contributed by atoms with van der Waals surface area (Å²) in [6.45, 7) is -0.576. The van der Waals surface area contributed by atoms with Gasteiger partial charge in [0.05, 0.1) is 13.1 Å². The maximum atomic E-state index is 12.9. The average molecular weight is 383 g/mol. The molecule has 1 aliphatic heterocycles. The van der Waals surface area contributed by atoms with Crippen LogP contribution in [0, 0.1) is 5.41 Å². The highest BCUT2D eigenvalue weighted by molar-refractivity contribution is 6.10. The Bertz CT molecular complexity index is 930. The Labute approximate surface area is 160 Å². The smallest absolute Gasteiger partial charge is 0.282 e. The maximum absolute atomic E-state index is 12.9. The number of amides is 1. The van der Waals surface area contributed by atoms with Crippen molar-refractivity contribution in [1.82, 2.24) is 4.98 Å². The van der Waals surface area contributed by atoms with Crippen molar-refractivity contribution in [1.29, 1.82) is 5.41 Å². The molecule has 3 rings (SSSR count). The van der Waals surface area contributed by atoms with Gasteiger partial charge in [-0.15, -0.1) is 0 Å². The van der Waals surface area contributed by atoms with Gasteiger partial charge in [0.1, 0.15) is 0 Å². The van der Waals surface area contributed by atoms with E-state index in [2.05, 4.69) is 10.3 Å². The van der Waals surface area contributed by atoms with Crippen LogP contribution in [0.15, 0.2) is 55.0 Å². The number of halogens is 2. The molecule has 1 aliphatic rings. The van der Waals surface area contributed by atoms with Crippen LogP contribution in [-0.2, 0) is 4.79 Å². The third-order valence-corrected chi connectivity index (χ3v) is 4.26. The number of anilines is 2. The van der Waals surface area contributed by atoms with Gasteiger partial charge < -0.3 is 21.4 Å². The number of aromatic nitrogens is 1. The van der Waals surface area contributed by atoms with Crippen LogP contribution in [0.3, 0.4) is 0 Å². The molecule has 0 bridgehead atoms. The molecule has 1 aromatic heterocycles. The van der Waals surface area contributed by atoms with Crippen LogP contribution in [0.5, 0.6) is 0 Å². The van der Waals surface area contributed by atoms with E-state index in [-0.39, 0.29) is 19.0 Å². The minimum atomic E-state index is -2.63. The van der Waals surface area contributed by atoms with E-state index in [4.69, 9.17) is 11.1 Å². The zero-order valence-corrected chi connectivity index (χ0v) is 14.9. The Balaban J connectivity index is 1.64. The van der Waals surface area contributed by atoms with Crippen LogP contribution in [0.4, 0.5) is 20.2 Å². The molecule has 8 heteroatoms. The first-order chi connectivity index (χ1) is 13.4. The van der Waals surface area contributed by atoms with Gasteiger partial charge in [0.25, 0.3) is 5.92 Å². The van der Waals surface area contributed by atoms with Gasteiger partial charge in [0, 0.05) is 53.4 Å². The lowest BCUT2D eigenvalue weighted by molar-refractivity contribution is -0.111. The number of nitrogens with one attached hydrogen (secondary N) is 2. The lowest BCUT2D eigenvalue weighted by Gasteiger charge is -2.40. The normalized spacial score (nSPS) is 15.9. The molecule has 2 heterocycles. The molecule has 4 N–H and O–H groups in total. The van der Waals surface area contributed by atoms with Crippen molar-refractivity contribution in [2.24, 2.45) is 5.73 Å². The highest BCUT2D eigenvalue weighted by Crippen LogP contribution is 2.32. The van der Waals surface area contributed by atoms with Crippen molar-refractivity contribution in [2.45, 2.75) is 5.92 Å². The predicted octanol–water partition coefficient (Wildman–Crippen LogP) is 3.14. The van der Waals surface area contributed by atoms with E-state index in [1.807, 2.05) is 0 Å². The second kappa shape index (κ2) is 7.99. The molecule has 1 aromatic carbocycles. The number of rotatable bonds is 6. The Kier molecular flexibility index (Phi) is 5.49. The number of carbonyl (C=O) groups is 1. The number of pyridine rings is 1. The zero-order valence-electron chi connectivity index (χ0n) is 14.9. The van der Waals surface area contributed by atoms with Gasteiger partial charge in [-0.05, 0) is 42.0 Å². The third kappa shape index (κ3) is 4.40. The molecule has 0 unspecified atom stereocenters. The minimum Gasteiger partial charge on any atom is -0.404 e. The monoisotopic (exact) mass is 383 g/mol. The first-order valence-corrected chi connectivity index (χ1v) is 8.50. The number of carbonyl (C=O) groups excluding carboxylic acids is 1. The topological polar surface area (TPSA) is 95.1 Å². The van der Waals surface area contributed by atoms with Gasteiger partial charge in [0.2, 0.25) is 5.91 Å². The molecular formula is C20H19F2N5O. The molecule has 1 saturated heterocycles. The fourth-order valence-corrected chi connectivity index (χ4v) is 2.82. The van der Waals surface area contributed by atoms with Gasteiger partial charge in [-0.25, -0.2) is 8.78 Å². The van der Waals surface area contributed by atoms with E-state index in [0.717, 1.165) is 6.21 Å². The van der Waals surface area contributed by atoms with E-state index in [0.29, 0.717) is 28.1 Å². The van der Waals surface area contributed by atoms with Crippen LogP contribution in [0.25, 0.3) is 11.6 Å². The van der Waals surface area contributed by atoms with Gasteiger partial charge in [0.15, 0.2) is 0 Å². The minimum absolute atomic E-state index is 0.288. The number of alkyl halides is 2. The van der Waals surface area contributed by atoms with E-state index in [1.54, 1.807) is 53.7 Å². The number of benzene rings is 1. The van der Waals surface area contributed by atoms with Gasteiger partial charge in [-0.3, -0.25) is 9.78 Å². The van der Waals surface area contributed by atoms with Crippen molar-refractivity contribution < 1.29 is 13.6 Å². The van der Waals surface area contributed by atoms with Crippen molar-refractivity contribution >= 4 is 35.1 Å². The van der Waals surface area contributed by atoms with Crippen molar-refractivity contribution in [3.8, 4) is 0 Å². The van der Waals surface area contributed by atoms with Crippen molar-refractivity contribution in [2.75, 3.05) is 23.3 Å². The number of nitrogens with zero attached hydrogens (tertiary/aromatic N) is 2. The van der Waals surface area contributed by atoms with Crippen molar-refractivity contribution in [3.63, 3.8) is 0 Å². The first-order valence-electron chi connectivity index (χ1n) is 8.50. The van der Waals surface area contributed by atoms with Gasteiger partial charge in [-0.1, -0.05) is 0 Å². The van der Waals surface area contributed by atoms with Crippen LogP contribution in [-0.4, -0.2) is 36.1 Å². The van der Waals surface area contributed by atoms with Gasteiger partial charge >= 0.3 is 0 Å². The molecule has 6 nitrogen and oxygen atoms in total. The molecule has 1 amide bonds. The molecule has 144 valence electrons. The molecule has 0 spiro atoms. The van der Waals surface area contributed by atoms with Crippen LogP contribution >= 0.6 is 0 Å². The summed E-state index contributed by atoms with van der Waals surface area (Å²) in [4.78, 5) is 17.8. The molecule has 0 radical (unpaired) electrons. The molecular weight excluding hydrogens is 364 g/mol. The van der Waals surface area contributed by atoms with Crippen LogP contribution in [0.2, 0.25) is 0 Å². The van der Waals surface area contributed by atoms with Crippen LogP contribution < -0.4 is 16.0 Å². The van der Waals surface area contributed by atoms with Crippen molar-refractivity contribution in [3.05, 3.63) is 66.1 Å². The lowest BCUT2D eigenvalue weighted by atomic mass is 10.0. The largest absolute Gasteiger partial charge is 0.404 e. The van der Waals surface area contributed by atoms with E-state index >= 15 is 0 Å². The number of hydrogen-bond donors (Lipinski definition) is 3. The summed E-state index contributed by atoms with van der Waals surface area (Å²) < 4.78 is 25.9. The number of hydrogen-bond acceptors (Lipinski definition) is 5. The Morgan fingerprint density at radius 1 is 1.25 bits per heavy atom. The Morgan fingerprint density at radius 3 is 2.57 bits per heavy atom. The molecule has 28 heavy (non-hydrogen) atoms. The molecule has 1 fully saturated rings. The molecule has 0 aliphatic carbocycles. The molecule has 0 saturated carbocycles. The van der Waals surface area contributed by atoms with E-state index < -0.39 is 5.92 Å². The zero-order chi connectivity index (χ0) is 20.1. The highest BCUT2D eigenvalue weighted by atomic mass is 19.3.